The molecular weight excluding hydrogens is 226 g/mol. The fourth-order valence-electron chi connectivity index (χ4n) is 2.76. The maximum atomic E-state index is 5.98. The molecule has 1 atom stereocenters. The number of nitrogens with zero attached hydrogens (tertiary/aromatic N) is 2. The van der Waals surface area contributed by atoms with Gasteiger partial charge in [0.05, 0.1) is 6.04 Å². The number of likely N-dealkylation sites (N-methyl/N-ethyl adjacent to an activating group) is 1. The molecule has 1 unspecified atom stereocenters. The number of rotatable bonds is 6. The zero-order chi connectivity index (χ0) is 13.8. The Morgan fingerprint density at radius 3 is 2.39 bits per heavy atom. The van der Waals surface area contributed by atoms with Crippen molar-refractivity contribution in [3.8, 4) is 0 Å². The lowest BCUT2D eigenvalue weighted by Crippen LogP contribution is -2.54. The predicted octanol–water partition coefficient (Wildman–Crippen LogP) is 1.29. The van der Waals surface area contributed by atoms with Gasteiger partial charge in [0.15, 0.2) is 0 Å². The average molecular weight is 251 g/mol. The number of aromatic nitrogens is 1. The van der Waals surface area contributed by atoms with Crippen molar-refractivity contribution in [1.82, 2.24) is 15.3 Å². The number of hydrazine groups is 1. The highest BCUT2D eigenvalue weighted by atomic mass is 15.3. The van der Waals surface area contributed by atoms with Crippen LogP contribution in [0.5, 0.6) is 0 Å². The van der Waals surface area contributed by atoms with Crippen LogP contribution in [-0.4, -0.2) is 29.5 Å². The maximum Gasteiger partial charge on any atom is 0.128 e. The number of nitrogens with two attached hydrogens (primary N) is 2. The van der Waals surface area contributed by atoms with Gasteiger partial charge in [-0.25, -0.2) is 4.98 Å². The van der Waals surface area contributed by atoms with E-state index in [0.717, 1.165) is 18.4 Å². The summed E-state index contributed by atoms with van der Waals surface area (Å²) in [6, 6.07) is 3.83. The molecule has 1 rings (SSSR count). The van der Waals surface area contributed by atoms with Crippen LogP contribution in [-0.2, 0) is 0 Å². The predicted molar refractivity (Wildman–Crippen MR) is 75.7 cm³/mol. The van der Waals surface area contributed by atoms with Crippen LogP contribution in [0.4, 0.5) is 5.82 Å². The lowest BCUT2D eigenvalue weighted by atomic mass is 9.80. The fraction of sp³-hybridized carbons (Fsp3) is 0.615. The van der Waals surface area contributed by atoms with Gasteiger partial charge in [-0.1, -0.05) is 19.9 Å². The van der Waals surface area contributed by atoms with E-state index in [2.05, 4.69) is 43.3 Å². The summed E-state index contributed by atoms with van der Waals surface area (Å²) in [5.74, 6) is 6.32. The van der Waals surface area contributed by atoms with Crippen LogP contribution >= 0.6 is 0 Å². The van der Waals surface area contributed by atoms with E-state index in [1.54, 1.807) is 6.20 Å². The highest BCUT2D eigenvalue weighted by Crippen LogP contribution is 2.36. The average Bonchev–Trinajstić information content (AvgIpc) is 2.37. The molecule has 0 aliphatic carbocycles. The molecule has 102 valence electrons. The Bertz CT molecular complexity index is 373. The van der Waals surface area contributed by atoms with Crippen LogP contribution in [0.15, 0.2) is 18.3 Å². The molecule has 5 heteroatoms. The fourth-order valence-corrected chi connectivity index (χ4v) is 2.76. The van der Waals surface area contributed by atoms with Crippen molar-refractivity contribution in [2.45, 2.75) is 38.3 Å². The normalized spacial score (nSPS) is 13.9. The minimum absolute atomic E-state index is 0.0452. The van der Waals surface area contributed by atoms with Gasteiger partial charge in [-0.05, 0) is 33.0 Å². The first kappa shape index (κ1) is 14.9. The summed E-state index contributed by atoms with van der Waals surface area (Å²) in [6.45, 7) is 4.33. The maximum absolute atomic E-state index is 5.98. The molecule has 1 aromatic rings. The minimum Gasteiger partial charge on any atom is -0.383 e. The van der Waals surface area contributed by atoms with Gasteiger partial charge in [0.1, 0.15) is 5.82 Å². The van der Waals surface area contributed by atoms with Gasteiger partial charge in [0.2, 0.25) is 0 Å². The summed E-state index contributed by atoms with van der Waals surface area (Å²) >= 11 is 0. The Hall–Kier alpha value is -1.17. The second kappa shape index (κ2) is 6.13. The Morgan fingerprint density at radius 2 is 2.00 bits per heavy atom. The van der Waals surface area contributed by atoms with Gasteiger partial charge in [-0.3, -0.25) is 11.3 Å². The molecule has 5 nitrogen and oxygen atoms in total. The van der Waals surface area contributed by atoms with E-state index in [1.807, 2.05) is 12.1 Å². The van der Waals surface area contributed by atoms with E-state index >= 15 is 0 Å². The molecule has 0 bridgehead atoms. The Balaban J connectivity index is 3.27. The molecule has 0 fully saturated rings. The molecule has 0 amide bonds. The van der Waals surface area contributed by atoms with Crippen molar-refractivity contribution in [2.75, 3.05) is 19.8 Å². The van der Waals surface area contributed by atoms with E-state index in [1.165, 1.54) is 0 Å². The number of pyridine rings is 1. The van der Waals surface area contributed by atoms with Gasteiger partial charge < -0.3 is 10.6 Å². The van der Waals surface area contributed by atoms with E-state index in [-0.39, 0.29) is 11.6 Å². The Labute approximate surface area is 110 Å². The van der Waals surface area contributed by atoms with E-state index < -0.39 is 0 Å². The number of anilines is 1. The summed E-state index contributed by atoms with van der Waals surface area (Å²) in [7, 11) is 4.15. The third kappa shape index (κ3) is 2.48. The van der Waals surface area contributed by atoms with Crippen LogP contribution < -0.4 is 17.0 Å². The van der Waals surface area contributed by atoms with Crippen LogP contribution in [0, 0.1) is 0 Å². The number of nitrogens with one attached hydrogen (secondary N) is 1. The standard InChI is InChI=1S/C13H25N5/c1-5-13(6-2,18(3)4)11(17-15)10-8-7-9-16-12(10)14/h7-9,11,17H,5-6,15H2,1-4H3,(H2,14,16). The lowest BCUT2D eigenvalue weighted by Gasteiger charge is -2.45. The van der Waals surface area contributed by atoms with Crippen molar-refractivity contribution in [3.05, 3.63) is 23.9 Å². The zero-order valence-electron chi connectivity index (χ0n) is 11.8. The third-order valence-electron chi connectivity index (χ3n) is 4.00. The summed E-state index contributed by atoms with van der Waals surface area (Å²) in [5.41, 5.74) is 9.78. The van der Waals surface area contributed by atoms with Gasteiger partial charge in [0.25, 0.3) is 0 Å². The van der Waals surface area contributed by atoms with E-state index in [9.17, 15) is 0 Å². The zero-order valence-corrected chi connectivity index (χ0v) is 11.8. The minimum atomic E-state index is -0.0775. The van der Waals surface area contributed by atoms with Crippen molar-refractivity contribution in [3.63, 3.8) is 0 Å². The van der Waals surface area contributed by atoms with Crippen LogP contribution in [0.1, 0.15) is 38.3 Å². The summed E-state index contributed by atoms with van der Waals surface area (Å²) in [5, 5.41) is 0. The largest absolute Gasteiger partial charge is 0.383 e. The van der Waals surface area contributed by atoms with Crippen molar-refractivity contribution in [1.29, 1.82) is 0 Å². The van der Waals surface area contributed by atoms with E-state index in [0.29, 0.717) is 5.82 Å². The quantitative estimate of drug-likeness (QED) is 0.524. The van der Waals surface area contributed by atoms with Gasteiger partial charge in [0, 0.05) is 17.3 Å². The molecule has 5 N–H and O–H groups in total. The van der Waals surface area contributed by atoms with Gasteiger partial charge in [-0.2, -0.15) is 0 Å². The second-order valence-electron chi connectivity index (χ2n) is 4.78. The molecular formula is C13H25N5. The Kier molecular flexibility index (Phi) is 5.07. The van der Waals surface area contributed by atoms with Crippen molar-refractivity contribution in [2.24, 2.45) is 5.84 Å². The molecule has 18 heavy (non-hydrogen) atoms. The number of hydrogen-bond acceptors (Lipinski definition) is 5. The molecule has 0 aromatic carbocycles. The molecule has 0 saturated heterocycles. The lowest BCUT2D eigenvalue weighted by molar-refractivity contribution is 0.0884. The van der Waals surface area contributed by atoms with Crippen molar-refractivity contribution < 1.29 is 0 Å². The first-order chi connectivity index (χ1) is 8.53. The summed E-state index contributed by atoms with van der Waals surface area (Å²) in [6.07, 6.45) is 3.64. The van der Waals surface area contributed by atoms with Crippen LogP contribution in [0.2, 0.25) is 0 Å². The molecule has 0 radical (unpaired) electrons. The first-order valence-corrected chi connectivity index (χ1v) is 6.37. The number of hydrogen-bond donors (Lipinski definition) is 3. The molecule has 0 aliphatic rings. The van der Waals surface area contributed by atoms with Gasteiger partial charge in [-0.15, -0.1) is 0 Å². The van der Waals surface area contributed by atoms with Crippen LogP contribution in [0.25, 0.3) is 0 Å². The number of nitrogen functional groups attached to an aromatic ring is 1. The van der Waals surface area contributed by atoms with Crippen LogP contribution in [0.3, 0.4) is 0 Å². The topological polar surface area (TPSA) is 80.2 Å². The molecule has 0 aliphatic heterocycles. The molecule has 0 spiro atoms. The highest BCUT2D eigenvalue weighted by Gasteiger charge is 2.39. The Morgan fingerprint density at radius 1 is 1.39 bits per heavy atom. The molecule has 1 heterocycles. The van der Waals surface area contributed by atoms with Crippen molar-refractivity contribution >= 4 is 5.82 Å². The van der Waals surface area contributed by atoms with E-state index in [4.69, 9.17) is 11.6 Å². The second-order valence-corrected chi connectivity index (χ2v) is 4.78. The SMILES string of the molecule is CCC(CC)(C(NN)c1cccnc1N)N(C)C. The van der Waals surface area contributed by atoms with Gasteiger partial charge >= 0.3 is 0 Å². The summed E-state index contributed by atoms with van der Waals surface area (Å²) in [4.78, 5) is 6.37. The summed E-state index contributed by atoms with van der Waals surface area (Å²) < 4.78 is 0. The molecule has 1 aromatic heterocycles. The monoisotopic (exact) mass is 251 g/mol. The highest BCUT2D eigenvalue weighted by molar-refractivity contribution is 5.42. The smallest absolute Gasteiger partial charge is 0.128 e. The first-order valence-electron chi connectivity index (χ1n) is 6.37. The molecule has 0 saturated carbocycles. The third-order valence-corrected chi connectivity index (χ3v) is 4.00.